The molecule has 1 aliphatic rings. The number of aliphatic hydroxyl groups is 1. The Morgan fingerprint density at radius 3 is 2.25 bits per heavy atom. The van der Waals surface area contributed by atoms with Gasteiger partial charge in [0.05, 0.1) is 12.0 Å². The molecule has 0 aromatic carbocycles. The molecular formula is C7H10O. The maximum atomic E-state index is 8.69. The third kappa shape index (κ3) is 0.617. The minimum absolute atomic E-state index is 0.111. The van der Waals surface area contributed by atoms with Gasteiger partial charge in [0.1, 0.15) is 0 Å². The van der Waals surface area contributed by atoms with E-state index in [-0.39, 0.29) is 12.0 Å². The first-order valence-electron chi connectivity index (χ1n) is 2.92. The first kappa shape index (κ1) is 5.65. The van der Waals surface area contributed by atoms with Gasteiger partial charge in [0.15, 0.2) is 0 Å². The monoisotopic (exact) mass is 110 g/mol. The molecule has 1 saturated carbocycles. The van der Waals surface area contributed by atoms with Crippen LogP contribution in [0.3, 0.4) is 0 Å². The molecule has 1 heteroatoms. The van der Waals surface area contributed by atoms with Gasteiger partial charge >= 0.3 is 0 Å². The Morgan fingerprint density at radius 1 is 1.62 bits per heavy atom. The highest BCUT2D eigenvalue weighted by Gasteiger charge is 2.33. The lowest BCUT2D eigenvalue weighted by Gasteiger charge is -2.34. The smallest absolute Gasteiger partial charge is 0.0597 e. The molecule has 0 saturated heterocycles. The molecule has 0 radical (unpaired) electrons. The van der Waals surface area contributed by atoms with Crippen molar-refractivity contribution < 1.29 is 5.11 Å². The molecule has 0 atom stereocenters. The van der Waals surface area contributed by atoms with E-state index in [4.69, 9.17) is 11.5 Å². The Balaban J connectivity index is 2.49. The zero-order chi connectivity index (χ0) is 6.04. The third-order valence-corrected chi connectivity index (χ3v) is 1.92. The second-order valence-electron chi connectivity index (χ2n) is 2.44. The van der Waals surface area contributed by atoms with Crippen LogP contribution in [0.4, 0.5) is 0 Å². The second-order valence-corrected chi connectivity index (χ2v) is 2.44. The predicted molar refractivity (Wildman–Crippen MR) is 32.2 cm³/mol. The zero-order valence-electron chi connectivity index (χ0n) is 4.85. The topological polar surface area (TPSA) is 20.2 Å². The Hall–Kier alpha value is -0.480. The van der Waals surface area contributed by atoms with Crippen molar-refractivity contribution >= 4 is 0 Å². The van der Waals surface area contributed by atoms with Gasteiger partial charge in [-0.3, -0.25) is 0 Å². The Labute approximate surface area is 49.7 Å². The maximum absolute atomic E-state index is 8.69. The molecule has 44 valence electrons. The Bertz CT molecular complexity index is 111. The van der Waals surface area contributed by atoms with E-state index in [1.165, 1.54) is 6.42 Å². The van der Waals surface area contributed by atoms with E-state index in [0.717, 1.165) is 12.8 Å². The summed E-state index contributed by atoms with van der Waals surface area (Å²) in [5, 5.41) is 8.69. The van der Waals surface area contributed by atoms with Gasteiger partial charge in [0, 0.05) is 0 Å². The SMILES string of the molecule is C#CC1(CO)CCC1. The lowest BCUT2D eigenvalue weighted by molar-refractivity contribution is 0.102. The van der Waals surface area contributed by atoms with Gasteiger partial charge in [-0.1, -0.05) is 12.3 Å². The number of hydrogen-bond donors (Lipinski definition) is 1. The molecule has 0 heterocycles. The highest BCUT2D eigenvalue weighted by molar-refractivity contribution is 5.09. The first-order chi connectivity index (χ1) is 3.83. The first-order valence-corrected chi connectivity index (χ1v) is 2.92. The lowest BCUT2D eigenvalue weighted by atomic mass is 9.70. The van der Waals surface area contributed by atoms with Gasteiger partial charge in [-0.15, -0.1) is 6.42 Å². The predicted octanol–water partition coefficient (Wildman–Crippen LogP) is 0.782. The average molecular weight is 110 g/mol. The summed E-state index contributed by atoms with van der Waals surface area (Å²) in [6.45, 7) is 0.170. The summed E-state index contributed by atoms with van der Waals surface area (Å²) < 4.78 is 0. The summed E-state index contributed by atoms with van der Waals surface area (Å²) in [4.78, 5) is 0. The highest BCUT2D eigenvalue weighted by Crippen LogP contribution is 2.39. The minimum atomic E-state index is -0.111. The second kappa shape index (κ2) is 1.80. The summed E-state index contributed by atoms with van der Waals surface area (Å²) >= 11 is 0. The minimum Gasteiger partial charge on any atom is -0.395 e. The molecule has 1 N–H and O–H groups in total. The van der Waals surface area contributed by atoms with Crippen molar-refractivity contribution in [1.29, 1.82) is 0 Å². The summed E-state index contributed by atoms with van der Waals surface area (Å²) in [6.07, 6.45) is 8.38. The van der Waals surface area contributed by atoms with Crippen molar-refractivity contribution in [3.8, 4) is 12.3 Å². The molecule has 1 aliphatic carbocycles. The summed E-state index contributed by atoms with van der Waals surface area (Å²) in [5.41, 5.74) is -0.111. The van der Waals surface area contributed by atoms with Crippen molar-refractivity contribution in [3.05, 3.63) is 0 Å². The van der Waals surface area contributed by atoms with Crippen LogP contribution in [0.25, 0.3) is 0 Å². The molecule has 8 heavy (non-hydrogen) atoms. The van der Waals surface area contributed by atoms with Crippen LogP contribution in [0.15, 0.2) is 0 Å². The highest BCUT2D eigenvalue weighted by atomic mass is 16.3. The van der Waals surface area contributed by atoms with E-state index in [0.29, 0.717) is 0 Å². The number of aliphatic hydroxyl groups excluding tert-OH is 1. The molecule has 0 amide bonds. The number of hydrogen-bond acceptors (Lipinski definition) is 1. The standard InChI is InChI=1S/C7H10O/c1-2-7(6-8)4-3-5-7/h1,8H,3-6H2. The van der Waals surface area contributed by atoms with Gasteiger partial charge in [0.2, 0.25) is 0 Å². The lowest BCUT2D eigenvalue weighted by Crippen LogP contribution is -2.31. The normalized spacial score (nSPS) is 23.5. The zero-order valence-corrected chi connectivity index (χ0v) is 4.85. The van der Waals surface area contributed by atoms with Crippen LogP contribution in [-0.4, -0.2) is 11.7 Å². The van der Waals surface area contributed by atoms with Crippen LogP contribution in [0, 0.1) is 17.8 Å². The van der Waals surface area contributed by atoms with Crippen LogP contribution < -0.4 is 0 Å². The number of rotatable bonds is 1. The molecule has 0 aromatic rings. The Morgan fingerprint density at radius 2 is 2.25 bits per heavy atom. The fourth-order valence-electron chi connectivity index (χ4n) is 0.952. The third-order valence-electron chi connectivity index (χ3n) is 1.92. The molecule has 0 spiro atoms. The molecule has 1 fully saturated rings. The molecule has 0 aromatic heterocycles. The van der Waals surface area contributed by atoms with Crippen molar-refractivity contribution in [2.24, 2.45) is 5.41 Å². The van der Waals surface area contributed by atoms with E-state index >= 15 is 0 Å². The summed E-state index contributed by atoms with van der Waals surface area (Å²) in [6, 6.07) is 0. The van der Waals surface area contributed by atoms with E-state index in [1.54, 1.807) is 0 Å². The largest absolute Gasteiger partial charge is 0.395 e. The quantitative estimate of drug-likeness (QED) is 0.494. The van der Waals surface area contributed by atoms with Crippen LogP contribution in [0.2, 0.25) is 0 Å². The Kier molecular flexibility index (Phi) is 1.27. The fraction of sp³-hybridized carbons (Fsp3) is 0.714. The molecule has 1 nitrogen and oxygen atoms in total. The van der Waals surface area contributed by atoms with Gasteiger partial charge in [-0.05, 0) is 12.8 Å². The van der Waals surface area contributed by atoms with Crippen molar-refractivity contribution in [2.75, 3.05) is 6.61 Å². The average Bonchev–Trinajstić information content (AvgIpc) is 1.67. The molecule has 1 rings (SSSR count). The number of terminal acetylenes is 1. The van der Waals surface area contributed by atoms with E-state index < -0.39 is 0 Å². The van der Waals surface area contributed by atoms with Crippen molar-refractivity contribution in [1.82, 2.24) is 0 Å². The van der Waals surface area contributed by atoms with Crippen LogP contribution in [0.5, 0.6) is 0 Å². The van der Waals surface area contributed by atoms with Crippen molar-refractivity contribution in [3.63, 3.8) is 0 Å². The van der Waals surface area contributed by atoms with Crippen LogP contribution in [-0.2, 0) is 0 Å². The molecule has 0 aliphatic heterocycles. The maximum Gasteiger partial charge on any atom is 0.0597 e. The van der Waals surface area contributed by atoms with Crippen LogP contribution in [0.1, 0.15) is 19.3 Å². The molecule has 0 unspecified atom stereocenters. The van der Waals surface area contributed by atoms with E-state index in [9.17, 15) is 0 Å². The van der Waals surface area contributed by atoms with Gasteiger partial charge in [-0.2, -0.15) is 0 Å². The molecule has 0 bridgehead atoms. The molecular weight excluding hydrogens is 100 g/mol. The van der Waals surface area contributed by atoms with E-state index in [2.05, 4.69) is 5.92 Å². The van der Waals surface area contributed by atoms with Crippen molar-refractivity contribution in [2.45, 2.75) is 19.3 Å². The van der Waals surface area contributed by atoms with Gasteiger partial charge in [-0.25, -0.2) is 0 Å². The van der Waals surface area contributed by atoms with Crippen LogP contribution >= 0.6 is 0 Å². The van der Waals surface area contributed by atoms with E-state index in [1.807, 2.05) is 0 Å². The summed E-state index contributed by atoms with van der Waals surface area (Å²) in [5.74, 6) is 2.61. The van der Waals surface area contributed by atoms with Gasteiger partial charge in [0.25, 0.3) is 0 Å². The van der Waals surface area contributed by atoms with Gasteiger partial charge < -0.3 is 5.11 Å². The summed E-state index contributed by atoms with van der Waals surface area (Å²) in [7, 11) is 0. The fourth-order valence-corrected chi connectivity index (χ4v) is 0.952.